The Morgan fingerprint density at radius 2 is 2.42 bits per heavy atom. The lowest BCUT2D eigenvalue weighted by molar-refractivity contribution is 0.584. The highest BCUT2D eigenvalue weighted by Crippen LogP contribution is 2.09. The van der Waals surface area contributed by atoms with Gasteiger partial charge in [0.2, 0.25) is 10.0 Å². The molecular formula is C6H10N2O2S2. The Morgan fingerprint density at radius 1 is 1.75 bits per heavy atom. The van der Waals surface area contributed by atoms with Gasteiger partial charge in [-0.2, -0.15) is 0 Å². The molecule has 0 aromatic carbocycles. The van der Waals surface area contributed by atoms with Crippen LogP contribution in [0.3, 0.4) is 0 Å². The van der Waals surface area contributed by atoms with Crippen molar-refractivity contribution < 1.29 is 8.42 Å². The van der Waals surface area contributed by atoms with Crippen molar-refractivity contribution in [2.24, 2.45) is 5.14 Å². The molecule has 1 rings (SSSR count). The zero-order valence-corrected chi connectivity index (χ0v) is 8.23. The summed E-state index contributed by atoms with van der Waals surface area (Å²) in [5.74, 6) is 0. The first-order valence-corrected chi connectivity index (χ1v) is 5.89. The molecule has 1 heterocycles. The molecule has 68 valence electrons. The molecule has 1 atom stereocenters. The van der Waals surface area contributed by atoms with Gasteiger partial charge in [0.05, 0.1) is 10.3 Å². The zero-order valence-electron chi connectivity index (χ0n) is 6.60. The van der Waals surface area contributed by atoms with Crippen LogP contribution in [0.2, 0.25) is 0 Å². The molecule has 1 aromatic rings. The van der Waals surface area contributed by atoms with Gasteiger partial charge in [0.1, 0.15) is 0 Å². The second kappa shape index (κ2) is 3.51. The fourth-order valence-corrected chi connectivity index (χ4v) is 1.96. The monoisotopic (exact) mass is 206 g/mol. The van der Waals surface area contributed by atoms with Gasteiger partial charge in [-0.05, 0) is 6.92 Å². The van der Waals surface area contributed by atoms with Crippen LogP contribution in [-0.4, -0.2) is 18.7 Å². The summed E-state index contributed by atoms with van der Waals surface area (Å²) in [4.78, 5) is 3.97. The number of hydrogen-bond donors (Lipinski definition) is 1. The van der Waals surface area contributed by atoms with Crippen molar-refractivity contribution in [3.63, 3.8) is 0 Å². The molecule has 0 aliphatic heterocycles. The van der Waals surface area contributed by atoms with E-state index in [1.54, 1.807) is 13.1 Å². The molecule has 4 nitrogen and oxygen atoms in total. The van der Waals surface area contributed by atoms with Gasteiger partial charge in [0.25, 0.3) is 0 Å². The summed E-state index contributed by atoms with van der Waals surface area (Å²) in [6.45, 7) is 1.58. The van der Waals surface area contributed by atoms with E-state index < -0.39 is 15.3 Å². The van der Waals surface area contributed by atoms with Gasteiger partial charge in [-0.15, -0.1) is 11.3 Å². The first-order chi connectivity index (χ1) is 5.50. The smallest absolute Gasteiger partial charge is 0.212 e. The predicted octanol–water partition coefficient (Wildman–Crippen LogP) is 0.363. The number of aromatic nitrogens is 1. The molecule has 1 aromatic heterocycles. The molecule has 0 saturated carbocycles. The SMILES string of the molecule is CC(Cc1nccs1)S(N)(=O)=O. The van der Waals surface area contributed by atoms with Crippen LogP contribution >= 0.6 is 11.3 Å². The average molecular weight is 206 g/mol. The number of rotatable bonds is 3. The van der Waals surface area contributed by atoms with Crippen molar-refractivity contribution in [3.05, 3.63) is 16.6 Å². The van der Waals surface area contributed by atoms with Gasteiger partial charge in [-0.25, -0.2) is 18.5 Å². The molecule has 2 N–H and O–H groups in total. The number of hydrogen-bond acceptors (Lipinski definition) is 4. The van der Waals surface area contributed by atoms with Crippen LogP contribution in [-0.2, 0) is 16.4 Å². The maximum Gasteiger partial charge on any atom is 0.212 e. The summed E-state index contributed by atoms with van der Waals surface area (Å²) < 4.78 is 21.6. The summed E-state index contributed by atoms with van der Waals surface area (Å²) in [5.41, 5.74) is 0. The normalized spacial score (nSPS) is 14.5. The van der Waals surface area contributed by atoms with Crippen molar-refractivity contribution >= 4 is 21.4 Å². The van der Waals surface area contributed by atoms with Crippen LogP contribution in [0.15, 0.2) is 11.6 Å². The minimum Gasteiger partial charge on any atom is -0.250 e. The third-order valence-electron chi connectivity index (χ3n) is 1.51. The second-order valence-electron chi connectivity index (χ2n) is 2.53. The molecule has 0 spiro atoms. The van der Waals surface area contributed by atoms with E-state index in [1.165, 1.54) is 11.3 Å². The zero-order chi connectivity index (χ0) is 9.19. The third-order valence-corrected chi connectivity index (χ3v) is 3.60. The Labute approximate surface area is 75.5 Å². The van der Waals surface area contributed by atoms with Gasteiger partial charge < -0.3 is 0 Å². The van der Waals surface area contributed by atoms with Crippen LogP contribution in [0.1, 0.15) is 11.9 Å². The molecule has 0 saturated heterocycles. The van der Waals surface area contributed by atoms with Gasteiger partial charge in [0, 0.05) is 18.0 Å². The van der Waals surface area contributed by atoms with Crippen LogP contribution in [0, 0.1) is 0 Å². The molecule has 1 unspecified atom stereocenters. The lowest BCUT2D eigenvalue weighted by atomic mass is 10.3. The molecule has 0 radical (unpaired) electrons. The number of primary sulfonamides is 1. The molecule has 0 fully saturated rings. The van der Waals surface area contributed by atoms with Crippen molar-refractivity contribution in [1.82, 2.24) is 4.98 Å². The Kier molecular flexibility index (Phi) is 2.81. The van der Waals surface area contributed by atoms with E-state index in [0.29, 0.717) is 6.42 Å². The van der Waals surface area contributed by atoms with Gasteiger partial charge in [-0.3, -0.25) is 0 Å². The van der Waals surface area contributed by atoms with Crippen molar-refractivity contribution in [1.29, 1.82) is 0 Å². The molecule has 12 heavy (non-hydrogen) atoms. The summed E-state index contributed by atoms with van der Waals surface area (Å²) in [6.07, 6.45) is 2.05. The summed E-state index contributed by atoms with van der Waals surface area (Å²) >= 11 is 1.44. The summed E-state index contributed by atoms with van der Waals surface area (Å²) in [7, 11) is -3.41. The predicted molar refractivity (Wildman–Crippen MR) is 48.4 cm³/mol. The quantitative estimate of drug-likeness (QED) is 0.776. The van der Waals surface area contributed by atoms with Crippen LogP contribution < -0.4 is 5.14 Å². The van der Waals surface area contributed by atoms with Gasteiger partial charge >= 0.3 is 0 Å². The second-order valence-corrected chi connectivity index (χ2v) is 5.49. The number of thiazole rings is 1. The van der Waals surface area contributed by atoms with Crippen molar-refractivity contribution in [2.45, 2.75) is 18.6 Å². The fourth-order valence-electron chi connectivity index (χ4n) is 0.716. The number of nitrogens with two attached hydrogens (primary N) is 1. The molecule has 0 bridgehead atoms. The highest BCUT2D eigenvalue weighted by molar-refractivity contribution is 7.89. The number of nitrogens with zero attached hydrogens (tertiary/aromatic N) is 1. The molecule has 0 aliphatic carbocycles. The molecule has 0 aliphatic rings. The summed E-state index contributed by atoms with van der Waals surface area (Å²) in [5, 5.41) is 7.01. The Hall–Kier alpha value is -0.460. The highest BCUT2D eigenvalue weighted by atomic mass is 32.2. The molecule has 6 heteroatoms. The lowest BCUT2D eigenvalue weighted by Gasteiger charge is -2.05. The first-order valence-electron chi connectivity index (χ1n) is 3.40. The largest absolute Gasteiger partial charge is 0.250 e. The first kappa shape index (κ1) is 9.63. The number of sulfonamides is 1. The van der Waals surface area contributed by atoms with Crippen molar-refractivity contribution in [3.8, 4) is 0 Å². The highest BCUT2D eigenvalue weighted by Gasteiger charge is 2.16. The van der Waals surface area contributed by atoms with Crippen LogP contribution in [0.5, 0.6) is 0 Å². The average Bonchev–Trinajstić information content (AvgIpc) is 2.37. The van der Waals surface area contributed by atoms with Gasteiger partial charge in [0.15, 0.2) is 0 Å². The van der Waals surface area contributed by atoms with E-state index in [0.717, 1.165) is 5.01 Å². The molecular weight excluding hydrogens is 196 g/mol. The maximum absolute atomic E-state index is 10.8. The fraction of sp³-hybridized carbons (Fsp3) is 0.500. The topological polar surface area (TPSA) is 73.0 Å². The van der Waals surface area contributed by atoms with Crippen molar-refractivity contribution in [2.75, 3.05) is 0 Å². The Morgan fingerprint density at radius 3 is 2.83 bits per heavy atom. The third kappa shape index (κ3) is 2.54. The van der Waals surface area contributed by atoms with E-state index in [2.05, 4.69) is 4.98 Å². The molecule has 0 amide bonds. The minimum atomic E-state index is -3.41. The van der Waals surface area contributed by atoms with E-state index >= 15 is 0 Å². The minimum absolute atomic E-state index is 0.399. The summed E-state index contributed by atoms with van der Waals surface area (Å²) in [6, 6.07) is 0. The Balaban J connectivity index is 2.66. The standard InChI is InChI=1S/C6H10N2O2S2/c1-5(12(7,9)10)4-6-8-2-3-11-6/h2-3,5H,4H2,1H3,(H2,7,9,10). The van der Waals surface area contributed by atoms with Crippen LogP contribution in [0.4, 0.5) is 0 Å². The van der Waals surface area contributed by atoms with Gasteiger partial charge in [-0.1, -0.05) is 0 Å². The maximum atomic E-state index is 10.8. The van der Waals surface area contributed by atoms with E-state index in [4.69, 9.17) is 5.14 Å². The van der Waals surface area contributed by atoms with Crippen LogP contribution in [0.25, 0.3) is 0 Å². The van der Waals surface area contributed by atoms with E-state index in [9.17, 15) is 8.42 Å². The Bertz CT molecular complexity index is 330. The van der Waals surface area contributed by atoms with E-state index in [-0.39, 0.29) is 0 Å². The van der Waals surface area contributed by atoms with E-state index in [1.807, 2.05) is 5.38 Å². The lowest BCUT2D eigenvalue weighted by Crippen LogP contribution is -2.27.